The number of amides is 2. The van der Waals surface area contributed by atoms with Gasteiger partial charge in [0, 0.05) is 23.2 Å². The fourth-order valence-corrected chi connectivity index (χ4v) is 10.8. The summed E-state index contributed by atoms with van der Waals surface area (Å²) in [4.78, 5) is 30.8. The van der Waals surface area contributed by atoms with E-state index in [0.717, 1.165) is 44.4 Å². The number of ether oxygens (including phenoxy) is 1. The maximum atomic E-state index is 15.9. The molecule has 1 fully saturated rings. The summed E-state index contributed by atoms with van der Waals surface area (Å²) in [5.74, 6) is -0.146. The van der Waals surface area contributed by atoms with Gasteiger partial charge in [0.05, 0.1) is 42.5 Å². The summed E-state index contributed by atoms with van der Waals surface area (Å²) < 4.78 is 22.5. The van der Waals surface area contributed by atoms with Crippen molar-refractivity contribution in [2.75, 3.05) is 11.5 Å². The van der Waals surface area contributed by atoms with E-state index in [1.54, 1.807) is 22.9 Å². The topological polar surface area (TPSA) is 70.1 Å². The van der Waals surface area contributed by atoms with Gasteiger partial charge in [0.25, 0.3) is 5.91 Å². The van der Waals surface area contributed by atoms with E-state index < -0.39 is 14.5 Å². The zero-order chi connectivity index (χ0) is 32.2. The number of fused-ring (bicyclic) bond motifs is 1. The number of rotatable bonds is 8. The van der Waals surface area contributed by atoms with Crippen LogP contribution in [0.3, 0.4) is 0 Å². The van der Waals surface area contributed by atoms with Gasteiger partial charge in [-0.2, -0.15) is 0 Å². The third kappa shape index (κ3) is 5.46. The van der Waals surface area contributed by atoms with Crippen LogP contribution in [0, 0.1) is 5.92 Å². The molecule has 4 aromatic rings. The van der Waals surface area contributed by atoms with Crippen molar-refractivity contribution in [3.05, 3.63) is 107 Å². The predicted molar refractivity (Wildman–Crippen MR) is 182 cm³/mol. The number of hydrogen-bond donors (Lipinski definition) is 1. The number of aryl methyl sites for hydroxylation is 1. The molecule has 3 aliphatic rings. The largest absolute Gasteiger partial charge is 0.394 e. The number of hydrogen-bond acceptors (Lipinski definition) is 4. The second kappa shape index (κ2) is 12.1. The molecule has 0 saturated carbocycles. The van der Waals surface area contributed by atoms with E-state index >= 15 is 4.11 Å². The number of aliphatic hydroxyl groups is 1. The van der Waals surface area contributed by atoms with E-state index in [4.69, 9.17) is 4.74 Å². The maximum absolute atomic E-state index is 15.9. The van der Waals surface area contributed by atoms with Crippen LogP contribution in [-0.2, 0) is 28.9 Å². The van der Waals surface area contributed by atoms with Crippen LogP contribution >= 0.6 is 0 Å². The molecule has 7 rings (SSSR count). The van der Waals surface area contributed by atoms with Crippen molar-refractivity contribution in [2.45, 2.75) is 76.0 Å². The van der Waals surface area contributed by atoms with E-state index in [-0.39, 0.29) is 48.4 Å². The van der Waals surface area contributed by atoms with Gasteiger partial charge in [0.1, 0.15) is 0 Å². The van der Waals surface area contributed by atoms with Gasteiger partial charge < -0.3 is 18.9 Å². The second-order valence-electron chi connectivity index (χ2n) is 13.7. The first-order valence-electron chi connectivity index (χ1n) is 16.4. The fraction of sp³-hybridized carbons (Fsp3) is 0.368. The summed E-state index contributed by atoms with van der Waals surface area (Å²) in [6, 6.07) is 27.7. The first-order valence-corrected chi connectivity index (χ1v) is 19.4. The SMILES string of the molecule is C[C@H]1[C@H]([Si](C)(C)F)[C@@H](CC(=O)N2Cc3ccccc3C[C@H]2CO)O[C@H]1CCc1cccc(N2C(=O)c3cccc4cccc2c34)c1. The molecule has 1 N–H and O–H groups in total. The van der Waals surface area contributed by atoms with Gasteiger partial charge >= 0.3 is 0 Å². The van der Waals surface area contributed by atoms with Crippen molar-refractivity contribution in [3.8, 4) is 0 Å². The monoisotopic (exact) mass is 636 g/mol. The van der Waals surface area contributed by atoms with Gasteiger partial charge in [-0.05, 0) is 84.6 Å². The lowest BCUT2D eigenvalue weighted by atomic mass is 9.93. The molecule has 1 saturated heterocycles. The van der Waals surface area contributed by atoms with Crippen LogP contribution in [0.2, 0.25) is 18.6 Å². The zero-order valence-electron chi connectivity index (χ0n) is 26.7. The molecule has 0 aromatic heterocycles. The van der Waals surface area contributed by atoms with Gasteiger partial charge in [-0.25, -0.2) is 0 Å². The van der Waals surface area contributed by atoms with Crippen molar-refractivity contribution >= 4 is 42.4 Å². The molecule has 46 heavy (non-hydrogen) atoms. The first kappa shape index (κ1) is 30.8. The Balaban J connectivity index is 1.06. The number of anilines is 2. The minimum absolute atomic E-state index is 0.0252. The molecule has 3 heterocycles. The Kier molecular flexibility index (Phi) is 8.07. The zero-order valence-corrected chi connectivity index (χ0v) is 27.7. The van der Waals surface area contributed by atoms with E-state index in [1.165, 1.54) is 0 Å². The van der Waals surface area contributed by atoms with Crippen molar-refractivity contribution in [3.63, 3.8) is 0 Å². The lowest BCUT2D eigenvalue weighted by Crippen LogP contribution is -2.48. The lowest BCUT2D eigenvalue weighted by molar-refractivity contribution is -0.138. The van der Waals surface area contributed by atoms with E-state index in [2.05, 4.69) is 25.1 Å². The molecule has 0 spiro atoms. The Bertz CT molecular complexity index is 1800. The molecule has 2 amide bonds. The van der Waals surface area contributed by atoms with Crippen molar-refractivity contribution in [2.24, 2.45) is 5.92 Å². The lowest BCUT2D eigenvalue weighted by Gasteiger charge is -2.37. The molecular formula is C38H41FN2O4Si. The summed E-state index contributed by atoms with van der Waals surface area (Å²) in [6.07, 6.45) is 1.44. The molecule has 3 aliphatic heterocycles. The number of nitrogens with zero attached hydrogens (tertiary/aromatic N) is 2. The highest BCUT2D eigenvalue weighted by atomic mass is 28.4. The molecule has 0 unspecified atom stereocenters. The second-order valence-corrected chi connectivity index (χ2v) is 17.5. The van der Waals surface area contributed by atoms with Crippen LogP contribution in [0.25, 0.3) is 10.8 Å². The quantitative estimate of drug-likeness (QED) is 0.162. The Morgan fingerprint density at radius 1 is 0.978 bits per heavy atom. The standard InChI is InChI=1S/C38H41FN2O4Si/c1-24-33(18-17-25-9-6-14-29(19-25)41-32-16-8-13-26-12-7-15-31(36(26)32)38(41)44)45-34(37(24)46(2,3)39)21-35(43)40-22-28-11-5-4-10-27(28)20-30(40)23-42/h4-16,19,24,30,33-34,37,42H,17-18,20-23H2,1-3H3/t24-,30+,33+,34-,37+/m1/s1. The van der Waals surface area contributed by atoms with E-state index in [9.17, 15) is 14.7 Å². The summed E-state index contributed by atoms with van der Waals surface area (Å²) in [5.41, 5.74) is 5.46. The van der Waals surface area contributed by atoms with Crippen LogP contribution in [0.1, 0.15) is 46.8 Å². The van der Waals surface area contributed by atoms with Crippen molar-refractivity contribution in [1.82, 2.24) is 4.90 Å². The minimum Gasteiger partial charge on any atom is -0.394 e. The van der Waals surface area contributed by atoms with Gasteiger partial charge in [0.2, 0.25) is 14.3 Å². The number of carbonyl (C=O) groups excluding carboxylic acids is 2. The summed E-state index contributed by atoms with van der Waals surface area (Å²) in [7, 11) is -3.18. The smallest absolute Gasteiger partial charge is 0.263 e. The molecule has 8 heteroatoms. The first-order chi connectivity index (χ1) is 22.1. The molecule has 6 nitrogen and oxygen atoms in total. The highest BCUT2D eigenvalue weighted by Crippen LogP contribution is 2.47. The minimum atomic E-state index is -3.18. The van der Waals surface area contributed by atoms with E-state index in [1.807, 2.05) is 66.7 Å². The highest BCUT2D eigenvalue weighted by Gasteiger charge is 2.52. The van der Waals surface area contributed by atoms with Crippen LogP contribution in [0.4, 0.5) is 15.5 Å². The average molecular weight is 637 g/mol. The molecule has 4 aromatic carbocycles. The van der Waals surface area contributed by atoms with Crippen LogP contribution in [0.5, 0.6) is 0 Å². The van der Waals surface area contributed by atoms with Gasteiger partial charge in [-0.15, -0.1) is 0 Å². The maximum Gasteiger partial charge on any atom is 0.263 e. The summed E-state index contributed by atoms with van der Waals surface area (Å²) >= 11 is 0. The normalized spacial score (nSPS) is 24.1. The van der Waals surface area contributed by atoms with Crippen LogP contribution in [0.15, 0.2) is 84.9 Å². The van der Waals surface area contributed by atoms with Gasteiger partial charge in [0.15, 0.2) is 0 Å². The Labute approximate surface area is 271 Å². The molecule has 0 bridgehead atoms. The molecule has 0 radical (unpaired) electrons. The van der Waals surface area contributed by atoms with Crippen molar-refractivity contribution < 1.29 is 23.5 Å². The summed E-state index contributed by atoms with van der Waals surface area (Å²) in [6.45, 7) is 5.85. The average Bonchev–Trinajstić information content (AvgIpc) is 3.52. The third-order valence-corrected chi connectivity index (χ3v) is 12.9. The summed E-state index contributed by atoms with van der Waals surface area (Å²) in [5, 5.41) is 12.2. The number of carbonyl (C=O) groups is 2. The van der Waals surface area contributed by atoms with Crippen LogP contribution in [-0.4, -0.2) is 55.1 Å². The highest BCUT2D eigenvalue weighted by molar-refractivity contribution is 6.72. The number of halogens is 1. The molecule has 0 aliphatic carbocycles. The molecular weight excluding hydrogens is 596 g/mol. The fourth-order valence-electron chi connectivity index (χ4n) is 8.24. The number of aliphatic hydroxyl groups excluding tert-OH is 1. The van der Waals surface area contributed by atoms with Gasteiger partial charge in [-0.3, -0.25) is 14.5 Å². The van der Waals surface area contributed by atoms with Gasteiger partial charge in [-0.1, -0.05) is 67.6 Å². The Hall–Kier alpha value is -3.85. The number of benzene rings is 4. The predicted octanol–water partition coefficient (Wildman–Crippen LogP) is 7.35. The van der Waals surface area contributed by atoms with Crippen molar-refractivity contribution in [1.29, 1.82) is 0 Å². The molecule has 5 atom stereocenters. The third-order valence-electron chi connectivity index (χ3n) is 10.4. The molecule has 238 valence electrons. The Morgan fingerprint density at radius 3 is 2.48 bits per heavy atom. The van der Waals surface area contributed by atoms with E-state index in [0.29, 0.717) is 25.8 Å². The van der Waals surface area contributed by atoms with Crippen LogP contribution < -0.4 is 4.90 Å². The Morgan fingerprint density at radius 2 is 1.72 bits per heavy atom.